The van der Waals surface area contributed by atoms with Crippen LogP contribution < -0.4 is 10.6 Å². The lowest BCUT2D eigenvalue weighted by Gasteiger charge is -2.14. The van der Waals surface area contributed by atoms with Crippen LogP contribution in [0.15, 0.2) is 54.4 Å². The number of carbonyl (C=O) groups is 1. The van der Waals surface area contributed by atoms with Crippen molar-refractivity contribution >= 4 is 23.3 Å². The Balaban J connectivity index is 2.11. The molecule has 0 aliphatic carbocycles. The van der Waals surface area contributed by atoms with E-state index in [1.54, 1.807) is 19.1 Å². The van der Waals surface area contributed by atoms with E-state index in [4.69, 9.17) is 15.4 Å². The van der Waals surface area contributed by atoms with Crippen molar-refractivity contribution in [3.8, 4) is 6.07 Å². The lowest BCUT2D eigenvalue weighted by molar-refractivity contribution is -0.0902. The molecule has 1 heterocycles. The fourth-order valence-electron chi connectivity index (χ4n) is 2.13. The molecule has 7 nitrogen and oxygen atoms in total. The first kappa shape index (κ1) is 21.4. The lowest BCUT2D eigenvalue weighted by Crippen LogP contribution is -2.21. The minimum absolute atomic E-state index is 0.0599. The summed E-state index contributed by atoms with van der Waals surface area (Å²) in [5, 5.41) is 20.9. The number of pyridine rings is 1. The summed E-state index contributed by atoms with van der Waals surface area (Å²) in [5.41, 5.74) is -0.390. The number of carbonyl (C=O) groups excluding carboxylic acids is 1. The van der Waals surface area contributed by atoms with E-state index in [1.807, 2.05) is 6.07 Å². The molecule has 0 fully saturated rings. The Bertz CT molecular complexity index is 963. The maximum atomic E-state index is 13.1. The number of hydrogen-bond donors (Lipinski definition) is 3. The molecule has 10 heteroatoms. The van der Waals surface area contributed by atoms with Gasteiger partial charge in [-0.1, -0.05) is 6.07 Å². The van der Waals surface area contributed by atoms with Gasteiger partial charge in [-0.3, -0.25) is 10.2 Å². The van der Waals surface area contributed by atoms with Gasteiger partial charge < -0.3 is 15.4 Å². The summed E-state index contributed by atoms with van der Waals surface area (Å²) in [6.45, 7) is 1.61. The first-order valence-corrected chi connectivity index (χ1v) is 8.27. The Morgan fingerprint density at radius 1 is 1.31 bits per heavy atom. The number of rotatable bonds is 6. The molecule has 1 amide bonds. The number of ether oxygens (including phenoxy) is 1. The predicted octanol–water partition coefficient (Wildman–Crippen LogP) is 4.08. The SMILES string of the molecule is CCOC(=N)/C=C(\Nc1ccc(NC(=O)c2cccc(C#N)c2)cn1)C(F)(F)F. The van der Waals surface area contributed by atoms with Gasteiger partial charge in [-0.25, -0.2) is 4.98 Å². The van der Waals surface area contributed by atoms with Gasteiger partial charge in [0.05, 0.1) is 30.1 Å². The zero-order valence-electron chi connectivity index (χ0n) is 15.2. The largest absolute Gasteiger partial charge is 0.478 e. The Hall–Kier alpha value is -3.87. The highest BCUT2D eigenvalue weighted by atomic mass is 19.4. The summed E-state index contributed by atoms with van der Waals surface area (Å²) in [7, 11) is 0. The van der Waals surface area contributed by atoms with Gasteiger partial charge in [0.1, 0.15) is 11.5 Å². The molecule has 1 aromatic heterocycles. The Morgan fingerprint density at radius 2 is 2.07 bits per heavy atom. The van der Waals surface area contributed by atoms with Crippen LogP contribution in [-0.4, -0.2) is 29.6 Å². The molecule has 0 radical (unpaired) electrons. The van der Waals surface area contributed by atoms with Crippen LogP contribution in [-0.2, 0) is 4.74 Å². The van der Waals surface area contributed by atoms with Gasteiger partial charge in [0, 0.05) is 11.6 Å². The van der Waals surface area contributed by atoms with Crippen molar-refractivity contribution < 1.29 is 22.7 Å². The van der Waals surface area contributed by atoms with Crippen LogP contribution in [0, 0.1) is 16.7 Å². The molecule has 0 saturated carbocycles. The number of halogens is 3. The molecule has 0 aliphatic heterocycles. The van der Waals surface area contributed by atoms with Crippen molar-refractivity contribution in [3.63, 3.8) is 0 Å². The molecule has 0 aliphatic rings. The van der Waals surface area contributed by atoms with Gasteiger partial charge in [-0.05, 0) is 37.3 Å². The van der Waals surface area contributed by atoms with Crippen molar-refractivity contribution in [1.82, 2.24) is 4.98 Å². The maximum Gasteiger partial charge on any atom is 0.431 e. The van der Waals surface area contributed by atoms with E-state index in [2.05, 4.69) is 15.6 Å². The number of benzene rings is 1. The van der Waals surface area contributed by atoms with E-state index < -0.39 is 23.7 Å². The number of allylic oxidation sites excluding steroid dienone is 1. The highest BCUT2D eigenvalue weighted by Crippen LogP contribution is 2.27. The molecule has 1 aromatic carbocycles. The second-order valence-corrected chi connectivity index (χ2v) is 5.56. The van der Waals surface area contributed by atoms with Crippen molar-refractivity contribution in [2.24, 2.45) is 0 Å². The summed E-state index contributed by atoms with van der Waals surface area (Å²) in [4.78, 5) is 16.0. The zero-order chi connectivity index (χ0) is 21.4. The van der Waals surface area contributed by atoms with Crippen molar-refractivity contribution in [2.45, 2.75) is 13.1 Å². The second-order valence-electron chi connectivity index (χ2n) is 5.56. The summed E-state index contributed by atoms with van der Waals surface area (Å²) >= 11 is 0. The summed E-state index contributed by atoms with van der Waals surface area (Å²) < 4.78 is 44.1. The Labute approximate surface area is 164 Å². The molecule has 0 bridgehead atoms. The van der Waals surface area contributed by atoms with Gasteiger partial charge in [-0.15, -0.1) is 0 Å². The molecule has 2 aromatic rings. The first-order valence-electron chi connectivity index (χ1n) is 8.27. The van der Waals surface area contributed by atoms with Gasteiger partial charge in [0.15, 0.2) is 0 Å². The molecule has 29 heavy (non-hydrogen) atoms. The molecule has 0 spiro atoms. The van der Waals surface area contributed by atoms with Crippen LogP contribution >= 0.6 is 0 Å². The third kappa shape index (κ3) is 6.35. The molecule has 150 valence electrons. The average Bonchev–Trinajstić information content (AvgIpc) is 2.68. The second kappa shape index (κ2) is 9.36. The standard InChI is InChI=1S/C19H16F3N5O2/c1-2-29-16(24)9-15(19(20,21)22)27-17-7-6-14(11-25-17)26-18(28)13-5-3-4-12(8-13)10-23/h3-9,11,24H,2H2,1H3,(H,25,27)(H,26,28)/b15-9-,24-16?. The number of alkyl halides is 3. The third-order valence-electron chi connectivity index (χ3n) is 3.42. The monoisotopic (exact) mass is 403 g/mol. The molecular formula is C19H16F3N5O2. The van der Waals surface area contributed by atoms with Crippen LogP contribution in [0.2, 0.25) is 0 Å². The zero-order valence-corrected chi connectivity index (χ0v) is 15.2. The molecule has 0 unspecified atom stereocenters. The predicted molar refractivity (Wildman–Crippen MR) is 100 cm³/mol. The van der Waals surface area contributed by atoms with E-state index in [-0.39, 0.29) is 23.7 Å². The smallest absolute Gasteiger partial charge is 0.431 e. The molecular weight excluding hydrogens is 387 g/mol. The molecule has 2 rings (SSSR count). The van der Waals surface area contributed by atoms with Crippen LogP contribution in [0.5, 0.6) is 0 Å². The normalized spacial score (nSPS) is 11.3. The van der Waals surface area contributed by atoms with E-state index in [0.29, 0.717) is 11.6 Å². The fraction of sp³-hybridized carbons (Fsp3) is 0.158. The number of amides is 1. The molecule has 0 atom stereocenters. The quantitative estimate of drug-likeness (QED) is 0.497. The Morgan fingerprint density at radius 3 is 2.66 bits per heavy atom. The number of nitriles is 1. The number of hydrogen-bond acceptors (Lipinski definition) is 6. The fourth-order valence-corrected chi connectivity index (χ4v) is 2.13. The number of aromatic nitrogens is 1. The number of nitrogens with zero attached hydrogens (tertiary/aromatic N) is 2. The third-order valence-corrected chi connectivity index (χ3v) is 3.42. The minimum atomic E-state index is -4.75. The van der Waals surface area contributed by atoms with E-state index in [0.717, 1.165) is 0 Å². The van der Waals surface area contributed by atoms with Crippen molar-refractivity contribution in [1.29, 1.82) is 10.7 Å². The van der Waals surface area contributed by atoms with E-state index in [1.165, 1.54) is 30.5 Å². The molecule has 3 N–H and O–H groups in total. The van der Waals surface area contributed by atoms with Gasteiger partial charge in [0.25, 0.3) is 5.91 Å². The van der Waals surface area contributed by atoms with Crippen LogP contribution in [0.4, 0.5) is 24.7 Å². The average molecular weight is 403 g/mol. The van der Waals surface area contributed by atoms with Gasteiger partial charge in [0.2, 0.25) is 5.90 Å². The first-order chi connectivity index (χ1) is 13.7. The van der Waals surface area contributed by atoms with E-state index >= 15 is 0 Å². The topological polar surface area (TPSA) is 111 Å². The maximum absolute atomic E-state index is 13.1. The van der Waals surface area contributed by atoms with Gasteiger partial charge >= 0.3 is 6.18 Å². The summed E-state index contributed by atoms with van der Waals surface area (Å²) in [6, 6.07) is 10.6. The van der Waals surface area contributed by atoms with Crippen LogP contribution in [0.3, 0.4) is 0 Å². The molecule has 0 saturated heterocycles. The van der Waals surface area contributed by atoms with E-state index in [9.17, 15) is 18.0 Å². The van der Waals surface area contributed by atoms with Crippen molar-refractivity contribution in [3.05, 3.63) is 65.5 Å². The Kier molecular flexibility index (Phi) is 6.92. The number of nitrogens with one attached hydrogen (secondary N) is 3. The van der Waals surface area contributed by atoms with Crippen molar-refractivity contribution in [2.75, 3.05) is 17.2 Å². The van der Waals surface area contributed by atoms with Crippen LogP contribution in [0.25, 0.3) is 0 Å². The highest BCUT2D eigenvalue weighted by molar-refractivity contribution is 6.04. The van der Waals surface area contributed by atoms with Crippen LogP contribution in [0.1, 0.15) is 22.8 Å². The number of anilines is 2. The minimum Gasteiger partial charge on any atom is -0.478 e. The van der Waals surface area contributed by atoms with Gasteiger partial charge in [-0.2, -0.15) is 18.4 Å². The summed E-state index contributed by atoms with van der Waals surface area (Å²) in [6.07, 6.45) is -3.05. The highest BCUT2D eigenvalue weighted by Gasteiger charge is 2.34. The lowest BCUT2D eigenvalue weighted by atomic mass is 10.1. The summed E-state index contributed by atoms with van der Waals surface area (Å²) in [5.74, 6) is -1.27.